The van der Waals surface area contributed by atoms with Crippen LogP contribution in [-0.4, -0.2) is 23.2 Å². The average molecular weight is 403 g/mol. The van der Waals surface area contributed by atoms with Gasteiger partial charge in [-0.1, -0.05) is 71.1 Å². The van der Waals surface area contributed by atoms with Crippen molar-refractivity contribution in [2.45, 2.75) is 89.8 Å². The number of unbranched alkanes of at least 4 members (excludes halogenated alkanes) is 9. The maximum atomic E-state index is 10.6. The Labute approximate surface area is 196 Å². The second-order valence-electron chi connectivity index (χ2n) is 5.78. The maximum Gasteiger partial charge on any atom is 1.00 e. The molecular formula is C15H30ClNa2O5P. The summed E-state index contributed by atoms with van der Waals surface area (Å²) in [5.41, 5.74) is 0. The number of rotatable bonds is 15. The molecule has 0 aliphatic carbocycles. The molecule has 0 aromatic rings. The molecule has 0 aliphatic heterocycles. The van der Waals surface area contributed by atoms with Crippen molar-refractivity contribution >= 4 is 19.4 Å². The fourth-order valence-electron chi connectivity index (χ4n) is 2.41. The molecule has 0 saturated heterocycles. The molecule has 0 bridgehead atoms. The van der Waals surface area contributed by atoms with Gasteiger partial charge in [0.2, 0.25) is 0 Å². The summed E-state index contributed by atoms with van der Waals surface area (Å²) in [7, 11) is -5.09. The molecule has 0 aliphatic rings. The molecule has 0 rings (SSSR count). The molecule has 0 aromatic carbocycles. The van der Waals surface area contributed by atoms with Crippen LogP contribution in [0.4, 0.5) is 0 Å². The Morgan fingerprint density at radius 2 is 1.38 bits per heavy atom. The minimum Gasteiger partial charge on any atom is -0.790 e. The van der Waals surface area contributed by atoms with Crippen LogP contribution in [0.25, 0.3) is 0 Å². The van der Waals surface area contributed by atoms with Crippen LogP contribution in [0, 0.1) is 0 Å². The topological polar surface area (TPSA) is 92.7 Å². The first kappa shape index (κ1) is 31.1. The zero-order valence-electron chi connectivity index (χ0n) is 15.5. The van der Waals surface area contributed by atoms with Gasteiger partial charge < -0.3 is 24.0 Å². The predicted molar refractivity (Wildman–Crippen MR) is 85.7 cm³/mol. The van der Waals surface area contributed by atoms with Crippen LogP contribution in [0.2, 0.25) is 0 Å². The Hall–Kier alpha value is 2.36. The molecular weight excluding hydrogens is 373 g/mol. The normalized spacial score (nSPS) is 13.7. The Morgan fingerprint density at radius 1 is 0.958 bits per heavy atom. The van der Waals surface area contributed by atoms with E-state index >= 15 is 0 Å². The van der Waals surface area contributed by atoms with E-state index in [9.17, 15) is 19.5 Å². The van der Waals surface area contributed by atoms with Gasteiger partial charge in [-0.3, -0.25) is 0 Å². The minimum atomic E-state index is -5.09. The minimum absolute atomic E-state index is 0. The molecule has 1 N–H and O–H groups in total. The van der Waals surface area contributed by atoms with Crippen LogP contribution in [0.5, 0.6) is 0 Å². The molecule has 0 fully saturated rings. The second kappa shape index (κ2) is 20.1. The zero-order valence-corrected chi connectivity index (χ0v) is 21.2. The van der Waals surface area contributed by atoms with E-state index in [1.54, 1.807) is 0 Å². The molecule has 0 saturated carbocycles. The number of phosphoric ester groups is 1. The summed E-state index contributed by atoms with van der Waals surface area (Å²) in [5, 5.41) is 9.57. The van der Waals surface area contributed by atoms with Gasteiger partial charge in [0.25, 0.3) is 0 Å². The SMILES string of the molecule is CCCCCCCCCCCCC(OP(=O)([O-])[O-])C(O)CCl.[Na+].[Na+]. The van der Waals surface area contributed by atoms with Gasteiger partial charge in [0.1, 0.15) is 0 Å². The third-order valence-electron chi connectivity index (χ3n) is 3.69. The largest absolute Gasteiger partial charge is 1.00 e. The average Bonchev–Trinajstić information content (AvgIpc) is 2.46. The fraction of sp³-hybridized carbons (Fsp3) is 1.00. The van der Waals surface area contributed by atoms with Crippen molar-refractivity contribution in [2.75, 3.05) is 5.88 Å². The van der Waals surface area contributed by atoms with Gasteiger partial charge in [0.15, 0.2) is 0 Å². The molecule has 0 heterocycles. The molecule has 2 unspecified atom stereocenters. The number of aliphatic hydroxyl groups excluding tert-OH is 1. The number of aliphatic hydroxyl groups is 1. The quantitative estimate of drug-likeness (QED) is 0.137. The van der Waals surface area contributed by atoms with E-state index in [0.29, 0.717) is 12.8 Å². The van der Waals surface area contributed by atoms with Crippen molar-refractivity contribution in [1.82, 2.24) is 0 Å². The van der Waals surface area contributed by atoms with Crippen molar-refractivity contribution in [3.05, 3.63) is 0 Å². The summed E-state index contributed by atoms with van der Waals surface area (Å²) in [5.74, 6) is -0.150. The molecule has 0 spiro atoms. The summed E-state index contributed by atoms with van der Waals surface area (Å²) in [6, 6.07) is 0. The number of hydrogen-bond donors (Lipinski definition) is 1. The molecule has 24 heavy (non-hydrogen) atoms. The molecule has 0 amide bonds. The molecule has 5 nitrogen and oxygen atoms in total. The van der Waals surface area contributed by atoms with E-state index in [0.717, 1.165) is 19.3 Å². The van der Waals surface area contributed by atoms with E-state index < -0.39 is 20.0 Å². The van der Waals surface area contributed by atoms with Crippen LogP contribution in [0.15, 0.2) is 0 Å². The summed E-state index contributed by atoms with van der Waals surface area (Å²) >= 11 is 5.49. The van der Waals surface area contributed by atoms with E-state index in [2.05, 4.69) is 11.4 Å². The van der Waals surface area contributed by atoms with Gasteiger partial charge in [-0.05, 0) is 6.42 Å². The number of alkyl halides is 1. The van der Waals surface area contributed by atoms with Crippen LogP contribution in [0.1, 0.15) is 77.6 Å². The van der Waals surface area contributed by atoms with Crippen molar-refractivity contribution in [2.24, 2.45) is 0 Å². The van der Waals surface area contributed by atoms with Gasteiger partial charge in [0.05, 0.1) is 25.9 Å². The first-order valence-electron chi connectivity index (χ1n) is 8.35. The Bertz CT molecular complexity index is 308. The Kier molecular flexibility index (Phi) is 26.0. The molecule has 134 valence electrons. The molecule has 2 atom stereocenters. The third-order valence-corrected chi connectivity index (χ3v) is 4.54. The molecule has 9 heteroatoms. The van der Waals surface area contributed by atoms with E-state index in [1.807, 2.05) is 0 Å². The smallest absolute Gasteiger partial charge is 0.790 e. The van der Waals surface area contributed by atoms with Gasteiger partial charge in [-0.2, -0.15) is 0 Å². The van der Waals surface area contributed by atoms with Crippen molar-refractivity contribution in [3.8, 4) is 0 Å². The molecule has 0 aromatic heterocycles. The summed E-state index contributed by atoms with van der Waals surface area (Å²) < 4.78 is 15.0. The standard InChI is InChI=1S/C15H32ClO5P.2Na/c1-2-3-4-5-6-7-8-9-10-11-12-15(14(17)13-16)21-22(18,19)20;;/h14-15,17H,2-13H2,1H3,(H2,18,19,20);;/q;2*+1/p-2. The van der Waals surface area contributed by atoms with Crippen molar-refractivity contribution < 1.29 is 83.1 Å². The van der Waals surface area contributed by atoms with E-state index in [1.165, 1.54) is 38.5 Å². The summed E-state index contributed by atoms with van der Waals surface area (Å²) in [6.45, 7) is 2.21. The third kappa shape index (κ3) is 20.7. The summed E-state index contributed by atoms with van der Waals surface area (Å²) in [6.07, 6.45) is 9.76. The van der Waals surface area contributed by atoms with E-state index in [-0.39, 0.29) is 65.0 Å². The monoisotopic (exact) mass is 402 g/mol. The van der Waals surface area contributed by atoms with Gasteiger partial charge >= 0.3 is 59.1 Å². The van der Waals surface area contributed by atoms with Crippen LogP contribution in [-0.2, 0) is 9.09 Å². The van der Waals surface area contributed by atoms with Gasteiger partial charge in [-0.15, -0.1) is 11.6 Å². The second-order valence-corrected chi connectivity index (χ2v) is 7.20. The fourth-order valence-corrected chi connectivity index (χ4v) is 3.19. The van der Waals surface area contributed by atoms with Crippen molar-refractivity contribution in [3.63, 3.8) is 0 Å². The maximum absolute atomic E-state index is 10.6. The number of halogens is 1. The Balaban J connectivity index is -0.00000220. The van der Waals surface area contributed by atoms with Crippen LogP contribution in [0.3, 0.4) is 0 Å². The predicted octanol–water partition coefficient (Wildman–Crippen LogP) is -2.88. The van der Waals surface area contributed by atoms with Crippen LogP contribution < -0.4 is 68.9 Å². The summed E-state index contributed by atoms with van der Waals surface area (Å²) in [4.78, 5) is 21.3. The number of hydrogen-bond acceptors (Lipinski definition) is 5. The zero-order chi connectivity index (χ0) is 16.8. The van der Waals surface area contributed by atoms with Gasteiger partial charge in [0, 0.05) is 0 Å². The van der Waals surface area contributed by atoms with Crippen LogP contribution >= 0.6 is 19.4 Å². The van der Waals surface area contributed by atoms with E-state index in [4.69, 9.17) is 11.6 Å². The van der Waals surface area contributed by atoms with Crippen molar-refractivity contribution in [1.29, 1.82) is 0 Å². The number of phosphoric acid groups is 1. The molecule has 0 radical (unpaired) electrons. The first-order chi connectivity index (χ1) is 10.4. The van der Waals surface area contributed by atoms with Gasteiger partial charge in [-0.25, -0.2) is 0 Å². The first-order valence-corrected chi connectivity index (χ1v) is 10.3. The Morgan fingerprint density at radius 3 is 1.75 bits per heavy atom.